The van der Waals surface area contributed by atoms with Crippen LogP contribution in [-0.4, -0.2) is 24.2 Å². The van der Waals surface area contributed by atoms with Crippen LogP contribution in [0.4, 0.5) is 5.69 Å². The van der Waals surface area contributed by atoms with E-state index in [1.807, 2.05) is 19.4 Å². The lowest BCUT2D eigenvalue weighted by atomic mass is 10.0. The number of nitrogen functional groups attached to an aromatic ring is 1. The van der Waals surface area contributed by atoms with Crippen LogP contribution in [0.25, 0.3) is 21.5 Å². The molecule has 0 spiro atoms. The van der Waals surface area contributed by atoms with Gasteiger partial charge in [0, 0.05) is 29.4 Å². The van der Waals surface area contributed by atoms with Crippen molar-refractivity contribution in [3.63, 3.8) is 0 Å². The molecule has 5 nitrogen and oxygen atoms in total. The van der Waals surface area contributed by atoms with Gasteiger partial charge in [0.2, 0.25) is 0 Å². The highest BCUT2D eigenvalue weighted by Crippen LogP contribution is 2.49. The summed E-state index contributed by atoms with van der Waals surface area (Å²) in [7, 11) is 0.913. The Balaban J connectivity index is 1.69. The third kappa shape index (κ3) is 2.52. The fourth-order valence-corrected chi connectivity index (χ4v) is 6.65. The lowest BCUT2D eigenvalue weighted by molar-refractivity contribution is 0.505. The van der Waals surface area contributed by atoms with Crippen LogP contribution in [0.1, 0.15) is 43.6 Å². The van der Waals surface area contributed by atoms with Gasteiger partial charge in [-0.3, -0.25) is 8.89 Å². The van der Waals surface area contributed by atoms with E-state index >= 15 is 0 Å². The van der Waals surface area contributed by atoms with Gasteiger partial charge in [0.25, 0.3) is 0 Å². The number of aryl methyl sites for hydroxylation is 1. The number of pyridine rings is 1. The van der Waals surface area contributed by atoms with Crippen LogP contribution >= 0.6 is 11.3 Å². The van der Waals surface area contributed by atoms with E-state index in [9.17, 15) is 4.21 Å². The predicted molar refractivity (Wildman–Crippen MR) is 102 cm³/mol. The van der Waals surface area contributed by atoms with E-state index in [0.717, 1.165) is 38.5 Å². The third-order valence-corrected chi connectivity index (χ3v) is 8.55. The van der Waals surface area contributed by atoms with Gasteiger partial charge >= 0.3 is 0 Å². The summed E-state index contributed by atoms with van der Waals surface area (Å²) in [6, 6.07) is 2.16. The number of nitrogens with zero attached hydrogens (tertiary/aromatic N) is 3. The molecule has 0 aliphatic heterocycles. The van der Waals surface area contributed by atoms with Gasteiger partial charge in [-0.1, -0.05) is 6.42 Å². The first-order valence-electron chi connectivity index (χ1n) is 8.74. The fraction of sp³-hybridized carbons (Fsp3) is 0.444. The van der Waals surface area contributed by atoms with Crippen molar-refractivity contribution >= 4 is 38.0 Å². The average Bonchev–Trinajstić information content (AvgIpc) is 3.22. The summed E-state index contributed by atoms with van der Waals surface area (Å²) in [5.41, 5.74) is 10.4. The molecular formula is C18H20N4OS2. The molecule has 2 N–H and O–H groups in total. The molecule has 130 valence electrons. The Morgan fingerprint density at radius 3 is 2.72 bits per heavy atom. The van der Waals surface area contributed by atoms with Crippen LogP contribution in [0.15, 0.2) is 22.7 Å². The van der Waals surface area contributed by atoms with E-state index in [1.165, 1.54) is 36.2 Å². The highest BCUT2D eigenvalue weighted by atomic mass is 32.2. The molecule has 3 aromatic heterocycles. The number of anilines is 1. The zero-order valence-electron chi connectivity index (χ0n) is 14.1. The van der Waals surface area contributed by atoms with Gasteiger partial charge in [0.1, 0.15) is 9.04 Å². The smallest absolute Gasteiger partial charge is 0.127 e. The molecule has 25 heavy (non-hydrogen) atoms. The van der Waals surface area contributed by atoms with Crippen molar-refractivity contribution in [2.45, 2.75) is 47.5 Å². The number of fused-ring (bicyclic) bond motifs is 1. The Bertz CT molecular complexity index is 998. The summed E-state index contributed by atoms with van der Waals surface area (Å²) in [4.78, 5) is 5.77. The molecule has 2 saturated carbocycles. The lowest BCUT2D eigenvalue weighted by Crippen LogP contribution is -2.23. The zero-order valence-corrected chi connectivity index (χ0v) is 15.7. The van der Waals surface area contributed by atoms with Crippen molar-refractivity contribution in [2.24, 2.45) is 7.05 Å². The normalized spacial score (nSPS) is 19.2. The Hall–Kier alpha value is -1.73. The highest BCUT2D eigenvalue weighted by Gasteiger charge is 2.32. The molecule has 0 radical (unpaired) electrons. The van der Waals surface area contributed by atoms with Crippen molar-refractivity contribution in [1.29, 1.82) is 0 Å². The van der Waals surface area contributed by atoms with Crippen molar-refractivity contribution in [1.82, 2.24) is 14.8 Å². The average molecular weight is 373 g/mol. The van der Waals surface area contributed by atoms with Crippen molar-refractivity contribution in [3.8, 4) is 11.3 Å². The van der Waals surface area contributed by atoms with E-state index in [4.69, 9.17) is 10.7 Å². The second-order valence-corrected chi connectivity index (χ2v) is 10.0. The van der Waals surface area contributed by atoms with Crippen LogP contribution in [0.2, 0.25) is 0 Å². The lowest BCUT2D eigenvalue weighted by Gasteiger charge is -2.23. The zero-order chi connectivity index (χ0) is 17.1. The summed E-state index contributed by atoms with van der Waals surface area (Å²) in [6.07, 6.45) is 9.49. The molecule has 2 aliphatic carbocycles. The van der Waals surface area contributed by atoms with E-state index in [-0.39, 0.29) is 5.25 Å². The quantitative estimate of drug-likeness (QED) is 0.755. The molecule has 3 heterocycles. The molecule has 0 bridgehead atoms. The van der Waals surface area contributed by atoms with Crippen LogP contribution in [-0.2, 0) is 17.8 Å². The molecule has 7 heteroatoms. The Morgan fingerprint density at radius 1 is 1.32 bits per heavy atom. The maximum absolute atomic E-state index is 12.9. The molecule has 0 saturated heterocycles. The van der Waals surface area contributed by atoms with E-state index in [2.05, 4.69) is 11.2 Å². The minimum atomic E-state index is -0.997. The molecular weight excluding hydrogens is 352 g/mol. The van der Waals surface area contributed by atoms with Gasteiger partial charge in [0.05, 0.1) is 28.4 Å². The first-order chi connectivity index (χ1) is 12.1. The Labute approximate surface area is 152 Å². The Morgan fingerprint density at radius 2 is 2.12 bits per heavy atom. The monoisotopic (exact) mass is 372 g/mol. The van der Waals surface area contributed by atoms with Crippen LogP contribution in [0, 0.1) is 0 Å². The summed E-state index contributed by atoms with van der Waals surface area (Å²) in [6.45, 7) is 0. The van der Waals surface area contributed by atoms with Gasteiger partial charge in [0.15, 0.2) is 0 Å². The van der Waals surface area contributed by atoms with E-state index < -0.39 is 10.8 Å². The van der Waals surface area contributed by atoms with Crippen molar-refractivity contribution in [3.05, 3.63) is 24.0 Å². The number of nitrogens with two attached hydrogens (primary N) is 1. The molecule has 0 aromatic carbocycles. The third-order valence-electron chi connectivity index (χ3n) is 5.25. The van der Waals surface area contributed by atoms with Crippen molar-refractivity contribution < 1.29 is 4.21 Å². The summed E-state index contributed by atoms with van der Waals surface area (Å²) >= 11 is 1.52. The van der Waals surface area contributed by atoms with Gasteiger partial charge < -0.3 is 5.73 Å². The molecule has 2 fully saturated rings. The first-order valence-corrected chi connectivity index (χ1v) is 10.8. The highest BCUT2D eigenvalue weighted by molar-refractivity contribution is 7.88. The van der Waals surface area contributed by atoms with E-state index in [1.54, 1.807) is 4.68 Å². The number of hydrogen-bond donors (Lipinski definition) is 1. The largest absolute Gasteiger partial charge is 0.396 e. The van der Waals surface area contributed by atoms with Crippen molar-refractivity contribution in [2.75, 3.05) is 5.73 Å². The number of hydrogen-bond acceptors (Lipinski definition) is 5. The van der Waals surface area contributed by atoms with Crippen LogP contribution in [0.3, 0.4) is 0 Å². The predicted octanol–water partition coefficient (Wildman–Crippen LogP) is 3.82. The SMILES string of the molecule is Cn1cc(-c2cc(C3CC3)c3c(N)c(S(=O)C4CCC4)sc3n2)cn1. The minimum Gasteiger partial charge on any atom is -0.396 e. The molecule has 1 unspecified atom stereocenters. The molecule has 0 amide bonds. The summed E-state index contributed by atoms with van der Waals surface area (Å²) < 4.78 is 15.5. The van der Waals surface area contributed by atoms with Gasteiger partial charge in [-0.15, -0.1) is 11.3 Å². The topological polar surface area (TPSA) is 73.8 Å². The van der Waals surface area contributed by atoms with Gasteiger partial charge in [-0.25, -0.2) is 4.98 Å². The van der Waals surface area contributed by atoms with Crippen LogP contribution in [0.5, 0.6) is 0 Å². The minimum absolute atomic E-state index is 0.275. The second kappa shape index (κ2) is 5.64. The maximum Gasteiger partial charge on any atom is 0.127 e. The second-order valence-electron chi connectivity index (χ2n) is 7.11. The molecule has 1 atom stereocenters. The van der Waals surface area contributed by atoms with E-state index in [0.29, 0.717) is 11.6 Å². The molecule has 5 rings (SSSR count). The standard InChI is InChI=1S/C18H20N4OS2/c1-22-9-11(8-20-22)14-7-13(10-5-6-10)15-16(19)18(24-17(15)21-14)25(23)12-3-2-4-12/h7-10,12H,2-6,19H2,1H3. The summed E-state index contributed by atoms with van der Waals surface area (Å²) in [5.74, 6) is 0.558. The van der Waals surface area contributed by atoms with Crippen LogP contribution < -0.4 is 5.73 Å². The van der Waals surface area contributed by atoms with Gasteiger partial charge in [-0.05, 0) is 43.2 Å². The summed E-state index contributed by atoms with van der Waals surface area (Å²) in [5, 5.41) is 5.58. The maximum atomic E-state index is 12.9. The number of thiophene rings is 1. The van der Waals surface area contributed by atoms with Gasteiger partial charge in [-0.2, -0.15) is 5.10 Å². The molecule has 2 aliphatic rings. The first kappa shape index (κ1) is 15.5. The number of rotatable bonds is 4. The Kier molecular flexibility index (Phi) is 3.50. The fourth-order valence-electron chi connectivity index (χ4n) is 3.43. The molecule has 3 aromatic rings. The number of aromatic nitrogens is 3.